The highest BCUT2D eigenvalue weighted by molar-refractivity contribution is 9.10. The molecule has 1 amide bonds. The maximum atomic E-state index is 12.5. The zero-order valence-corrected chi connectivity index (χ0v) is 18.0. The molecule has 0 bridgehead atoms. The van der Waals surface area contributed by atoms with Gasteiger partial charge in [0.25, 0.3) is 5.91 Å². The molecule has 3 nitrogen and oxygen atoms in total. The summed E-state index contributed by atoms with van der Waals surface area (Å²) in [5.41, 5.74) is 5.28. The highest BCUT2D eigenvalue weighted by atomic mass is 79.9. The normalized spacial score (nSPS) is 11.1. The Morgan fingerprint density at radius 2 is 1.69 bits per heavy atom. The number of halogens is 1. The Labute approximate surface area is 165 Å². The van der Waals surface area contributed by atoms with Gasteiger partial charge in [0, 0.05) is 10.2 Å². The number of benzene rings is 2. The third kappa shape index (κ3) is 4.88. The maximum Gasteiger partial charge on any atom is 0.262 e. The number of hydrogen-bond donors (Lipinski definition) is 1. The molecule has 0 unspecified atom stereocenters. The summed E-state index contributed by atoms with van der Waals surface area (Å²) in [6.07, 6.45) is 0. The zero-order chi connectivity index (χ0) is 19.4. The molecule has 0 saturated carbocycles. The molecule has 0 spiro atoms. The zero-order valence-electron chi connectivity index (χ0n) is 16.4. The van der Waals surface area contributed by atoms with Crippen molar-refractivity contribution in [1.82, 2.24) is 0 Å². The van der Waals surface area contributed by atoms with Gasteiger partial charge in [0.05, 0.1) is 0 Å². The number of carbonyl (C=O) groups excluding carboxylic acids is 1. The summed E-state index contributed by atoms with van der Waals surface area (Å²) < 4.78 is 6.93. The fraction of sp³-hybridized carbons (Fsp3) is 0.409. The molecule has 26 heavy (non-hydrogen) atoms. The molecule has 1 N–H and O–H groups in total. The molecule has 0 aliphatic heterocycles. The van der Waals surface area contributed by atoms with Crippen LogP contribution in [0.25, 0.3) is 0 Å². The van der Waals surface area contributed by atoms with E-state index in [-0.39, 0.29) is 12.5 Å². The molecule has 0 radical (unpaired) electrons. The van der Waals surface area contributed by atoms with Crippen LogP contribution in [0.1, 0.15) is 61.8 Å². The largest absolute Gasteiger partial charge is 0.483 e. The summed E-state index contributed by atoms with van der Waals surface area (Å²) in [5, 5.41) is 3.03. The van der Waals surface area contributed by atoms with Crippen molar-refractivity contribution in [3.05, 3.63) is 57.1 Å². The smallest absolute Gasteiger partial charge is 0.262 e. The standard InChI is InChI=1S/C22H28BrNO2/c1-13(2)17-9-7-8-15(5)22(17)24-21(25)12-26-20-10-16(6)19(23)11-18(20)14(3)4/h7-11,13-14H,12H2,1-6H3,(H,24,25). The molecule has 4 heteroatoms. The molecule has 0 aromatic heterocycles. The fourth-order valence-corrected chi connectivity index (χ4v) is 3.27. The lowest BCUT2D eigenvalue weighted by molar-refractivity contribution is -0.118. The van der Waals surface area contributed by atoms with E-state index in [0.717, 1.165) is 38.2 Å². The highest BCUT2D eigenvalue weighted by Crippen LogP contribution is 2.32. The second-order valence-electron chi connectivity index (χ2n) is 7.32. The van der Waals surface area contributed by atoms with Crippen LogP contribution in [0, 0.1) is 13.8 Å². The first-order valence-electron chi connectivity index (χ1n) is 9.02. The number of rotatable bonds is 6. The number of aryl methyl sites for hydroxylation is 2. The topological polar surface area (TPSA) is 38.3 Å². The predicted molar refractivity (Wildman–Crippen MR) is 112 cm³/mol. The molecule has 140 valence electrons. The van der Waals surface area contributed by atoms with E-state index in [2.05, 4.69) is 61.1 Å². The Morgan fingerprint density at radius 1 is 1.04 bits per heavy atom. The van der Waals surface area contributed by atoms with Gasteiger partial charge in [-0.1, -0.05) is 61.8 Å². The molecule has 0 aliphatic carbocycles. The van der Waals surface area contributed by atoms with Crippen molar-refractivity contribution in [2.45, 2.75) is 53.4 Å². The van der Waals surface area contributed by atoms with Crippen molar-refractivity contribution < 1.29 is 9.53 Å². The van der Waals surface area contributed by atoms with E-state index in [1.807, 2.05) is 32.0 Å². The molecule has 0 aliphatic rings. The van der Waals surface area contributed by atoms with Crippen LogP contribution in [0.2, 0.25) is 0 Å². The van der Waals surface area contributed by atoms with E-state index < -0.39 is 0 Å². The van der Waals surface area contributed by atoms with Gasteiger partial charge in [0.15, 0.2) is 6.61 Å². The Kier molecular flexibility index (Phi) is 6.87. The number of nitrogens with one attached hydrogen (secondary N) is 1. The number of anilines is 1. The van der Waals surface area contributed by atoms with E-state index in [9.17, 15) is 4.79 Å². The molecule has 0 atom stereocenters. The quantitative estimate of drug-likeness (QED) is 0.595. The molecule has 2 aromatic carbocycles. The van der Waals surface area contributed by atoms with Crippen molar-refractivity contribution in [2.24, 2.45) is 0 Å². The Morgan fingerprint density at radius 3 is 2.31 bits per heavy atom. The first kappa shape index (κ1) is 20.5. The molecule has 0 saturated heterocycles. The molecule has 0 heterocycles. The van der Waals surface area contributed by atoms with Crippen LogP contribution in [0.3, 0.4) is 0 Å². The fourth-order valence-electron chi connectivity index (χ4n) is 2.91. The Bertz CT molecular complexity index is 797. The van der Waals surface area contributed by atoms with Gasteiger partial charge in [-0.3, -0.25) is 4.79 Å². The third-order valence-corrected chi connectivity index (χ3v) is 5.32. The SMILES string of the molecule is Cc1cc(OCC(=O)Nc2c(C)cccc2C(C)C)c(C(C)C)cc1Br. The van der Waals surface area contributed by atoms with Crippen LogP contribution in [0.5, 0.6) is 5.75 Å². The maximum absolute atomic E-state index is 12.5. The number of amides is 1. The van der Waals surface area contributed by atoms with Crippen LogP contribution in [0.15, 0.2) is 34.8 Å². The lowest BCUT2D eigenvalue weighted by Gasteiger charge is -2.18. The van der Waals surface area contributed by atoms with E-state index in [1.165, 1.54) is 0 Å². The van der Waals surface area contributed by atoms with Crippen LogP contribution < -0.4 is 10.1 Å². The summed E-state index contributed by atoms with van der Waals surface area (Å²) in [7, 11) is 0. The average Bonchev–Trinajstić information content (AvgIpc) is 2.56. The first-order valence-corrected chi connectivity index (χ1v) is 9.82. The third-order valence-electron chi connectivity index (χ3n) is 4.46. The Balaban J connectivity index is 2.15. The van der Waals surface area contributed by atoms with Crippen LogP contribution >= 0.6 is 15.9 Å². The van der Waals surface area contributed by atoms with E-state index in [4.69, 9.17) is 4.74 Å². The lowest BCUT2D eigenvalue weighted by atomic mass is 9.98. The van der Waals surface area contributed by atoms with Gasteiger partial charge in [-0.15, -0.1) is 0 Å². The summed E-state index contributed by atoms with van der Waals surface area (Å²) in [5.74, 6) is 1.28. The van der Waals surface area contributed by atoms with Crippen molar-refractivity contribution in [2.75, 3.05) is 11.9 Å². The second kappa shape index (κ2) is 8.72. The molecule has 2 aromatic rings. The number of carbonyl (C=O) groups is 1. The van der Waals surface area contributed by atoms with Crippen LogP contribution in [-0.2, 0) is 4.79 Å². The summed E-state index contributed by atoms with van der Waals surface area (Å²) in [6, 6.07) is 10.2. The summed E-state index contributed by atoms with van der Waals surface area (Å²) in [6.45, 7) is 12.5. The van der Waals surface area contributed by atoms with E-state index >= 15 is 0 Å². The van der Waals surface area contributed by atoms with Crippen LogP contribution in [-0.4, -0.2) is 12.5 Å². The second-order valence-corrected chi connectivity index (χ2v) is 8.18. The van der Waals surface area contributed by atoms with Gasteiger partial charge in [-0.05, 0) is 60.1 Å². The minimum absolute atomic E-state index is 0.00728. The summed E-state index contributed by atoms with van der Waals surface area (Å²) >= 11 is 3.57. The van der Waals surface area contributed by atoms with Gasteiger partial charge >= 0.3 is 0 Å². The van der Waals surface area contributed by atoms with Crippen molar-refractivity contribution in [1.29, 1.82) is 0 Å². The predicted octanol–water partition coefficient (Wildman–Crippen LogP) is 6.33. The van der Waals surface area contributed by atoms with Crippen LogP contribution in [0.4, 0.5) is 5.69 Å². The van der Waals surface area contributed by atoms with E-state index in [0.29, 0.717) is 11.8 Å². The van der Waals surface area contributed by atoms with Crippen molar-refractivity contribution in [3.8, 4) is 5.75 Å². The van der Waals surface area contributed by atoms with Gasteiger partial charge < -0.3 is 10.1 Å². The molecule has 2 rings (SSSR count). The monoisotopic (exact) mass is 417 g/mol. The number of ether oxygens (including phenoxy) is 1. The van der Waals surface area contributed by atoms with Crippen molar-refractivity contribution in [3.63, 3.8) is 0 Å². The van der Waals surface area contributed by atoms with Gasteiger partial charge in [-0.25, -0.2) is 0 Å². The first-order chi connectivity index (χ1) is 12.2. The minimum atomic E-state index is -0.142. The number of hydrogen-bond acceptors (Lipinski definition) is 2. The number of para-hydroxylation sites is 1. The Hall–Kier alpha value is -1.81. The van der Waals surface area contributed by atoms with Crippen molar-refractivity contribution >= 4 is 27.5 Å². The minimum Gasteiger partial charge on any atom is -0.483 e. The average molecular weight is 418 g/mol. The molecular weight excluding hydrogens is 390 g/mol. The lowest BCUT2D eigenvalue weighted by Crippen LogP contribution is -2.22. The molecular formula is C22H28BrNO2. The highest BCUT2D eigenvalue weighted by Gasteiger charge is 2.15. The van der Waals surface area contributed by atoms with Gasteiger partial charge in [0.1, 0.15) is 5.75 Å². The summed E-state index contributed by atoms with van der Waals surface area (Å²) in [4.78, 5) is 12.5. The molecule has 0 fully saturated rings. The van der Waals surface area contributed by atoms with Gasteiger partial charge in [-0.2, -0.15) is 0 Å². The van der Waals surface area contributed by atoms with Gasteiger partial charge in [0.2, 0.25) is 0 Å². The van der Waals surface area contributed by atoms with E-state index in [1.54, 1.807) is 0 Å².